The fourth-order valence-corrected chi connectivity index (χ4v) is 2.43. The van der Waals surface area contributed by atoms with Gasteiger partial charge in [-0.15, -0.1) is 0 Å². The highest BCUT2D eigenvalue weighted by molar-refractivity contribution is 6.29. The molecule has 0 aromatic carbocycles. The van der Waals surface area contributed by atoms with E-state index in [9.17, 15) is 14.0 Å². The summed E-state index contributed by atoms with van der Waals surface area (Å²) < 4.78 is 19.6. The molecule has 1 heterocycles. The zero-order chi connectivity index (χ0) is 13.8. The molecule has 0 atom stereocenters. The zero-order valence-electron chi connectivity index (χ0n) is 10.5. The Morgan fingerprint density at radius 1 is 1.32 bits per heavy atom. The van der Waals surface area contributed by atoms with Gasteiger partial charge in [0.15, 0.2) is 5.15 Å². The number of H-pyrrole nitrogens is 1. The number of rotatable bonds is 4. The largest absolute Gasteiger partial charge is 0.376 e. The van der Waals surface area contributed by atoms with Crippen molar-refractivity contribution >= 4 is 11.6 Å². The van der Waals surface area contributed by atoms with E-state index in [0.29, 0.717) is 0 Å². The van der Waals surface area contributed by atoms with Crippen molar-refractivity contribution in [2.24, 2.45) is 0 Å². The zero-order valence-corrected chi connectivity index (χ0v) is 11.2. The van der Waals surface area contributed by atoms with Gasteiger partial charge in [-0.3, -0.25) is 14.3 Å². The first-order chi connectivity index (χ1) is 9.09. The summed E-state index contributed by atoms with van der Waals surface area (Å²) in [5.41, 5.74) is -1.73. The van der Waals surface area contributed by atoms with Crippen LogP contribution in [0.2, 0.25) is 5.15 Å². The van der Waals surface area contributed by atoms with Crippen LogP contribution in [0.15, 0.2) is 9.59 Å². The summed E-state index contributed by atoms with van der Waals surface area (Å²) in [6.45, 7) is 0.244. The summed E-state index contributed by atoms with van der Waals surface area (Å²) in [5, 5.41) is -0.556. The summed E-state index contributed by atoms with van der Waals surface area (Å²) in [7, 11) is 0. The molecule has 1 aromatic heterocycles. The standard InChI is InChI=1S/C12H16ClFN2O3/c13-10-9(14)11(17)16(12(18)15-10)6-7-19-8-4-2-1-3-5-8/h8H,1-7H2,(H,15,18). The van der Waals surface area contributed by atoms with Gasteiger partial charge in [0, 0.05) is 0 Å². The van der Waals surface area contributed by atoms with Crippen LogP contribution in [-0.2, 0) is 11.3 Å². The fraction of sp³-hybridized carbons (Fsp3) is 0.667. The first-order valence-corrected chi connectivity index (χ1v) is 6.77. The quantitative estimate of drug-likeness (QED) is 0.858. The summed E-state index contributed by atoms with van der Waals surface area (Å²) in [6.07, 6.45) is 5.68. The normalized spacial score (nSPS) is 16.7. The Kier molecular flexibility index (Phi) is 4.76. The monoisotopic (exact) mass is 290 g/mol. The average Bonchev–Trinajstić information content (AvgIpc) is 2.41. The SMILES string of the molecule is O=c1[nH]c(Cl)c(F)c(=O)n1CCOC1CCCCC1. The Balaban J connectivity index is 1.98. The fourth-order valence-electron chi connectivity index (χ4n) is 2.27. The van der Waals surface area contributed by atoms with Gasteiger partial charge in [-0.05, 0) is 12.8 Å². The topological polar surface area (TPSA) is 64.1 Å². The number of hydrogen-bond acceptors (Lipinski definition) is 3. The second-order valence-electron chi connectivity index (χ2n) is 4.65. The van der Waals surface area contributed by atoms with E-state index in [4.69, 9.17) is 16.3 Å². The molecule has 2 rings (SSSR count). The predicted molar refractivity (Wildman–Crippen MR) is 69.1 cm³/mol. The van der Waals surface area contributed by atoms with E-state index in [1.165, 1.54) is 6.42 Å². The molecule has 0 bridgehead atoms. The summed E-state index contributed by atoms with van der Waals surface area (Å²) in [4.78, 5) is 25.1. The molecule has 0 radical (unpaired) electrons. The second kappa shape index (κ2) is 6.34. The van der Waals surface area contributed by atoms with Crippen LogP contribution in [0.3, 0.4) is 0 Å². The molecule has 1 saturated carbocycles. The summed E-state index contributed by atoms with van der Waals surface area (Å²) in [6, 6.07) is 0. The Labute approximate surface area is 114 Å². The molecule has 1 aliphatic carbocycles. The Morgan fingerprint density at radius 2 is 2.00 bits per heavy atom. The van der Waals surface area contributed by atoms with Gasteiger partial charge in [-0.2, -0.15) is 4.39 Å². The molecule has 0 unspecified atom stereocenters. The molecule has 0 amide bonds. The molecule has 1 aliphatic rings. The van der Waals surface area contributed by atoms with E-state index in [-0.39, 0.29) is 19.3 Å². The van der Waals surface area contributed by atoms with Crippen LogP contribution in [0.5, 0.6) is 0 Å². The van der Waals surface area contributed by atoms with Gasteiger partial charge in [0.05, 0.1) is 19.3 Å². The minimum Gasteiger partial charge on any atom is -0.376 e. The van der Waals surface area contributed by atoms with Crippen molar-refractivity contribution in [2.45, 2.75) is 44.8 Å². The van der Waals surface area contributed by atoms with E-state index in [1.54, 1.807) is 0 Å². The first-order valence-electron chi connectivity index (χ1n) is 6.39. The van der Waals surface area contributed by atoms with Crippen molar-refractivity contribution in [3.8, 4) is 0 Å². The van der Waals surface area contributed by atoms with E-state index in [1.807, 2.05) is 0 Å². The van der Waals surface area contributed by atoms with Crippen LogP contribution in [0.25, 0.3) is 0 Å². The predicted octanol–water partition coefficient (Wildman–Crippen LogP) is 1.68. The molecule has 7 heteroatoms. The Morgan fingerprint density at radius 3 is 2.68 bits per heavy atom. The number of nitrogens with zero attached hydrogens (tertiary/aromatic N) is 1. The molecule has 19 heavy (non-hydrogen) atoms. The Bertz CT molecular complexity index is 549. The van der Waals surface area contributed by atoms with Crippen LogP contribution in [0, 0.1) is 5.82 Å². The minimum atomic E-state index is -1.14. The van der Waals surface area contributed by atoms with Gasteiger partial charge >= 0.3 is 5.69 Å². The highest BCUT2D eigenvalue weighted by atomic mass is 35.5. The van der Waals surface area contributed by atoms with Gasteiger partial charge in [0.25, 0.3) is 5.56 Å². The van der Waals surface area contributed by atoms with Gasteiger partial charge in [-0.25, -0.2) is 4.79 Å². The molecular weight excluding hydrogens is 275 g/mol. The summed E-state index contributed by atoms with van der Waals surface area (Å²) >= 11 is 5.37. The lowest BCUT2D eigenvalue weighted by molar-refractivity contribution is 0.0232. The van der Waals surface area contributed by atoms with Crippen molar-refractivity contribution in [1.82, 2.24) is 9.55 Å². The van der Waals surface area contributed by atoms with E-state index in [0.717, 1.165) is 30.3 Å². The third kappa shape index (κ3) is 3.45. The Hall–Kier alpha value is -1.14. The molecule has 106 valence electrons. The highest BCUT2D eigenvalue weighted by Gasteiger charge is 2.15. The van der Waals surface area contributed by atoms with E-state index in [2.05, 4.69) is 4.98 Å². The number of ether oxygens (including phenoxy) is 1. The van der Waals surface area contributed by atoms with E-state index >= 15 is 0 Å². The lowest BCUT2D eigenvalue weighted by atomic mass is 9.98. The van der Waals surface area contributed by atoms with Crippen LogP contribution in [0.4, 0.5) is 4.39 Å². The maximum absolute atomic E-state index is 13.3. The van der Waals surface area contributed by atoms with Crippen molar-refractivity contribution in [2.75, 3.05) is 6.61 Å². The second-order valence-corrected chi connectivity index (χ2v) is 5.02. The number of aromatic nitrogens is 2. The van der Waals surface area contributed by atoms with Crippen LogP contribution in [-0.4, -0.2) is 22.3 Å². The minimum absolute atomic E-state index is 0.0265. The molecule has 5 nitrogen and oxygen atoms in total. The van der Waals surface area contributed by atoms with Gasteiger partial charge in [0.2, 0.25) is 5.82 Å². The lowest BCUT2D eigenvalue weighted by Crippen LogP contribution is -2.38. The van der Waals surface area contributed by atoms with Crippen molar-refractivity contribution in [3.05, 3.63) is 31.8 Å². The van der Waals surface area contributed by atoms with E-state index < -0.39 is 22.2 Å². The average molecular weight is 291 g/mol. The number of aromatic amines is 1. The highest BCUT2D eigenvalue weighted by Crippen LogP contribution is 2.19. The van der Waals surface area contributed by atoms with Gasteiger partial charge < -0.3 is 4.74 Å². The van der Waals surface area contributed by atoms with Crippen LogP contribution < -0.4 is 11.2 Å². The molecule has 0 aliphatic heterocycles. The van der Waals surface area contributed by atoms with Crippen molar-refractivity contribution in [1.29, 1.82) is 0 Å². The number of halogens is 2. The maximum Gasteiger partial charge on any atom is 0.329 e. The van der Waals surface area contributed by atoms with Crippen LogP contribution >= 0.6 is 11.6 Å². The number of nitrogens with one attached hydrogen (secondary N) is 1. The third-order valence-corrected chi connectivity index (χ3v) is 3.57. The van der Waals surface area contributed by atoms with Crippen molar-refractivity contribution < 1.29 is 9.13 Å². The number of hydrogen-bond donors (Lipinski definition) is 1. The van der Waals surface area contributed by atoms with Gasteiger partial charge in [0.1, 0.15) is 0 Å². The molecule has 0 saturated heterocycles. The summed E-state index contributed by atoms with van der Waals surface area (Å²) in [5.74, 6) is -1.14. The molecule has 1 fully saturated rings. The first kappa shape index (κ1) is 14.3. The lowest BCUT2D eigenvalue weighted by Gasteiger charge is -2.21. The third-order valence-electron chi connectivity index (χ3n) is 3.31. The molecule has 1 N–H and O–H groups in total. The molecular formula is C12H16ClFN2O3. The molecule has 0 spiro atoms. The smallest absolute Gasteiger partial charge is 0.329 e. The molecule has 1 aromatic rings. The van der Waals surface area contributed by atoms with Gasteiger partial charge in [-0.1, -0.05) is 30.9 Å². The van der Waals surface area contributed by atoms with Crippen molar-refractivity contribution in [3.63, 3.8) is 0 Å². The maximum atomic E-state index is 13.3. The van der Waals surface area contributed by atoms with Crippen LogP contribution in [0.1, 0.15) is 32.1 Å².